The highest BCUT2D eigenvalue weighted by molar-refractivity contribution is 5.62. The lowest BCUT2D eigenvalue weighted by molar-refractivity contribution is 0.922. The van der Waals surface area contributed by atoms with Gasteiger partial charge in [-0.25, -0.2) is 0 Å². The molecule has 1 aromatic carbocycles. The first kappa shape index (κ1) is 12.4. The molecule has 2 aromatic rings. The Morgan fingerprint density at radius 3 is 1.94 bits per heavy atom. The van der Waals surface area contributed by atoms with Gasteiger partial charge in [-0.05, 0) is 51.0 Å². The van der Waals surface area contributed by atoms with Crippen molar-refractivity contribution in [2.75, 3.05) is 5.73 Å². The summed E-state index contributed by atoms with van der Waals surface area (Å²) in [5.74, 6) is 0. The van der Waals surface area contributed by atoms with Crippen LogP contribution >= 0.6 is 0 Å². The van der Waals surface area contributed by atoms with Crippen LogP contribution in [0.15, 0.2) is 29.1 Å². The van der Waals surface area contributed by atoms with E-state index in [1.807, 2.05) is 31.4 Å². The predicted octanol–water partition coefficient (Wildman–Crippen LogP) is 2.65. The SMILES string of the molecule is Cc1cc(N)c(-n2c(C)cc(=O)cc2C)cc1C. The number of aryl methyl sites for hydroxylation is 4. The van der Waals surface area contributed by atoms with Gasteiger partial charge >= 0.3 is 0 Å². The molecule has 1 heterocycles. The molecule has 0 bridgehead atoms. The molecule has 0 aliphatic carbocycles. The zero-order valence-corrected chi connectivity index (χ0v) is 11.2. The fourth-order valence-corrected chi connectivity index (χ4v) is 2.26. The van der Waals surface area contributed by atoms with Crippen LogP contribution in [0, 0.1) is 27.7 Å². The topological polar surface area (TPSA) is 48.0 Å². The van der Waals surface area contributed by atoms with Crippen LogP contribution in [-0.4, -0.2) is 4.57 Å². The van der Waals surface area contributed by atoms with Gasteiger partial charge in [0.15, 0.2) is 5.43 Å². The van der Waals surface area contributed by atoms with Crippen molar-refractivity contribution in [1.29, 1.82) is 0 Å². The van der Waals surface area contributed by atoms with E-state index in [-0.39, 0.29) is 5.43 Å². The van der Waals surface area contributed by atoms with Crippen LogP contribution in [0.2, 0.25) is 0 Å². The lowest BCUT2D eigenvalue weighted by Gasteiger charge is -2.17. The number of rotatable bonds is 1. The molecule has 0 saturated heterocycles. The van der Waals surface area contributed by atoms with Crippen molar-refractivity contribution < 1.29 is 0 Å². The van der Waals surface area contributed by atoms with E-state index < -0.39 is 0 Å². The highest BCUT2D eigenvalue weighted by Crippen LogP contribution is 2.24. The van der Waals surface area contributed by atoms with Gasteiger partial charge in [0.25, 0.3) is 0 Å². The summed E-state index contributed by atoms with van der Waals surface area (Å²) in [6, 6.07) is 7.29. The van der Waals surface area contributed by atoms with Gasteiger partial charge in [0.2, 0.25) is 0 Å². The number of hydrogen-bond donors (Lipinski definition) is 1. The van der Waals surface area contributed by atoms with Gasteiger partial charge in [-0.3, -0.25) is 4.79 Å². The van der Waals surface area contributed by atoms with Gasteiger partial charge in [-0.1, -0.05) is 0 Å². The van der Waals surface area contributed by atoms with Crippen LogP contribution < -0.4 is 11.2 Å². The quantitative estimate of drug-likeness (QED) is 0.781. The smallest absolute Gasteiger partial charge is 0.182 e. The number of hydrogen-bond acceptors (Lipinski definition) is 2. The molecule has 3 nitrogen and oxygen atoms in total. The third-order valence-electron chi connectivity index (χ3n) is 3.29. The number of aromatic nitrogens is 1. The van der Waals surface area contributed by atoms with Crippen molar-refractivity contribution in [3.05, 3.63) is 57.0 Å². The van der Waals surface area contributed by atoms with E-state index in [1.54, 1.807) is 12.1 Å². The van der Waals surface area contributed by atoms with Crippen molar-refractivity contribution in [2.45, 2.75) is 27.7 Å². The van der Waals surface area contributed by atoms with E-state index in [0.29, 0.717) is 0 Å². The van der Waals surface area contributed by atoms with Crippen molar-refractivity contribution in [2.24, 2.45) is 0 Å². The van der Waals surface area contributed by atoms with Gasteiger partial charge in [-0.15, -0.1) is 0 Å². The van der Waals surface area contributed by atoms with Crippen LogP contribution in [-0.2, 0) is 0 Å². The third kappa shape index (κ3) is 2.04. The lowest BCUT2D eigenvalue weighted by atomic mass is 10.1. The minimum atomic E-state index is 0.0312. The van der Waals surface area contributed by atoms with Gasteiger partial charge in [-0.2, -0.15) is 0 Å². The number of pyridine rings is 1. The number of anilines is 1. The Kier molecular flexibility index (Phi) is 2.99. The zero-order chi connectivity index (χ0) is 13.4. The fraction of sp³-hybridized carbons (Fsp3) is 0.267. The number of nitrogen functional groups attached to an aromatic ring is 1. The van der Waals surface area contributed by atoms with E-state index in [0.717, 1.165) is 22.8 Å². The molecule has 18 heavy (non-hydrogen) atoms. The summed E-state index contributed by atoms with van der Waals surface area (Å²) >= 11 is 0. The molecule has 94 valence electrons. The summed E-state index contributed by atoms with van der Waals surface area (Å²) in [6.45, 7) is 7.94. The molecule has 0 aliphatic rings. The maximum atomic E-state index is 11.5. The molecule has 0 atom stereocenters. The molecule has 0 aliphatic heterocycles. The van der Waals surface area contributed by atoms with E-state index in [1.165, 1.54) is 11.1 Å². The first-order valence-corrected chi connectivity index (χ1v) is 5.97. The van der Waals surface area contributed by atoms with Crippen molar-refractivity contribution >= 4 is 5.69 Å². The van der Waals surface area contributed by atoms with Crippen LogP contribution in [0.3, 0.4) is 0 Å². The second-order valence-electron chi connectivity index (χ2n) is 4.80. The molecule has 2 rings (SSSR count). The fourth-order valence-electron chi connectivity index (χ4n) is 2.26. The predicted molar refractivity (Wildman–Crippen MR) is 75.4 cm³/mol. The lowest BCUT2D eigenvalue weighted by Crippen LogP contribution is -2.13. The Morgan fingerprint density at radius 1 is 0.889 bits per heavy atom. The summed E-state index contributed by atoms with van der Waals surface area (Å²) in [6.07, 6.45) is 0. The van der Waals surface area contributed by atoms with Crippen molar-refractivity contribution in [3.8, 4) is 5.69 Å². The van der Waals surface area contributed by atoms with E-state index >= 15 is 0 Å². The van der Waals surface area contributed by atoms with Crippen LogP contribution in [0.1, 0.15) is 22.5 Å². The molecule has 0 fully saturated rings. The second kappa shape index (κ2) is 4.33. The standard InChI is InChI=1S/C15H18N2O/c1-9-5-14(16)15(6-10(9)2)17-11(3)7-13(18)8-12(17)4/h5-8H,16H2,1-4H3. The summed E-state index contributed by atoms with van der Waals surface area (Å²) in [5, 5.41) is 0. The van der Waals surface area contributed by atoms with Gasteiger partial charge in [0, 0.05) is 23.5 Å². The normalized spacial score (nSPS) is 10.7. The Labute approximate surface area is 107 Å². The number of benzene rings is 1. The molecule has 0 spiro atoms. The molecule has 0 radical (unpaired) electrons. The summed E-state index contributed by atoms with van der Waals surface area (Å²) in [5.41, 5.74) is 12.0. The molecule has 0 amide bonds. The maximum Gasteiger partial charge on any atom is 0.182 e. The molecular formula is C15H18N2O. The van der Waals surface area contributed by atoms with Gasteiger partial charge in [0.05, 0.1) is 11.4 Å². The minimum absolute atomic E-state index is 0.0312. The van der Waals surface area contributed by atoms with Crippen LogP contribution in [0.25, 0.3) is 5.69 Å². The molecule has 1 aromatic heterocycles. The monoisotopic (exact) mass is 242 g/mol. The van der Waals surface area contributed by atoms with Crippen molar-refractivity contribution in [1.82, 2.24) is 4.57 Å². The van der Waals surface area contributed by atoms with Gasteiger partial charge in [0.1, 0.15) is 0 Å². The van der Waals surface area contributed by atoms with E-state index in [4.69, 9.17) is 5.73 Å². The zero-order valence-electron chi connectivity index (χ0n) is 11.2. The Bertz CT molecular complexity index is 643. The summed E-state index contributed by atoms with van der Waals surface area (Å²) in [7, 11) is 0. The third-order valence-corrected chi connectivity index (χ3v) is 3.29. The summed E-state index contributed by atoms with van der Waals surface area (Å²) < 4.78 is 2.02. The van der Waals surface area contributed by atoms with Crippen LogP contribution in [0.4, 0.5) is 5.69 Å². The first-order valence-electron chi connectivity index (χ1n) is 5.97. The van der Waals surface area contributed by atoms with Crippen LogP contribution in [0.5, 0.6) is 0 Å². The first-order chi connectivity index (χ1) is 8.40. The number of nitrogens with two attached hydrogens (primary N) is 1. The molecule has 0 saturated carbocycles. The Hall–Kier alpha value is -2.03. The molecule has 0 unspecified atom stereocenters. The van der Waals surface area contributed by atoms with E-state index in [9.17, 15) is 4.79 Å². The average molecular weight is 242 g/mol. The highest BCUT2D eigenvalue weighted by Gasteiger charge is 2.09. The minimum Gasteiger partial charge on any atom is -0.397 e. The van der Waals surface area contributed by atoms with Gasteiger partial charge < -0.3 is 10.3 Å². The van der Waals surface area contributed by atoms with E-state index in [2.05, 4.69) is 13.0 Å². The molecule has 2 N–H and O–H groups in total. The maximum absolute atomic E-state index is 11.5. The molecule has 3 heteroatoms. The highest BCUT2D eigenvalue weighted by atomic mass is 16.1. The second-order valence-corrected chi connectivity index (χ2v) is 4.80. The molecular weight excluding hydrogens is 224 g/mol. The Morgan fingerprint density at radius 2 is 1.39 bits per heavy atom. The average Bonchev–Trinajstić information content (AvgIpc) is 2.24. The Balaban J connectivity index is 2.77. The largest absolute Gasteiger partial charge is 0.397 e. The number of nitrogens with zero attached hydrogens (tertiary/aromatic N) is 1. The summed E-state index contributed by atoms with van der Waals surface area (Å²) in [4.78, 5) is 11.5. The van der Waals surface area contributed by atoms with Crippen molar-refractivity contribution in [3.63, 3.8) is 0 Å².